The minimum absolute atomic E-state index is 0.0547. The van der Waals surface area contributed by atoms with Crippen molar-refractivity contribution in [3.63, 3.8) is 0 Å². The van der Waals surface area contributed by atoms with Crippen molar-refractivity contribution in [2.45, 2.75) is 96.0 Å². The van der Waals surface area contributed by atoms with E-state index in [4.69, 9.17) is 27.8 Å². The highest BCUT2D eigenvalue weighted by atomic mass is 28.4. The zero-order valence-electron chi connectivity index (χ0n) is 17.0. The van der Waals surface area contributed by atoms with Gasteiger partial charge in [-0.2, -0.15) is 0 Å². The van der Waals surface area contributed by atoms with Crippen molar-refractivity contribution in [2.24, 2.45) is 5.92 Å². The van der Waals surface area contributed by atoms with Crippen molar-refractivity contribution in [3.8, 4) is 0 Å². The van der Waals surface area contributed by atoms with Gasteiger partial charge in [-0.25, -0.2) is 0 Å². The zero-order chi connectivity index (χ0) is 18.8. The third-order valence-electron chi connectivity index (χ3n) is 5.76. The molecule has 0 bridgehead atoms. The normalized spacial score (nSPS) is 44.3. The molecule has 0 aliphatic carbocycles. The molecule has 0 saturated carbocycles. The summed E-state index contributed by atoms with van der Waals surface area (Å²) in [5.74, 6) is -0.943. The van der Waals surface area contributed by atoms with Gasteiger partial charge in [-0.15, -0.1) is 0 Å². The lowest BCUT2D eigenvalue weighted by molar-refractivity contribution is -0.334. The molecule has 3 aliphatic rings. The third kappa shape index (κ3) is 3.01. The molecule has 25 heavy (non-hydrogen) atoms. The molecule has 3 aliphatic heterocycles. The molecular formula is C18H34O6Si. The Morgan fingerprint density at radius 3 is 2.12 bits per heavy atom. The molecule has 0 spiro atoms. The Hall–Kier alpha value is -0.0231. The van der Waals surface area contributed by atoms with E-state index in [0.29, 0.717) is 6.61 Å². The molecule has 0 amide bonds. The number of rotatable bonds is 1. The van der Waals surface area contributed by atoms with Gasteiger partial charge >= 0.3 is 8.56 Å². The molecule has 6 atom stereocenters. The summed E-state index contributed by atoms with van der Waals surface area (Å²) in [5, 5.41) is -0.109. The SMILES string of the molecule is CO[C@]1(C)OC2[C@@H](OC3CO[Si](C(C)(C)C)(C(C)(C)C)O[C@H]3[C@@H]2C)O1. The summed E-state index contributed by atoms with van der Waals surface area (Å²) in [6, 6.07) is 0. The van der Waals surface area contributed by atoms with Crippen LogP contribution in [-0.4, -0.2) is 52.9 Å². The highest BCUT2D eigenvalue weighted by molar-refractivity contribution is 6.73. The van der Waals surface area contributed by atoms with Gasteiger partial charge in [-0.1, -0.05) is 48.5 Å². The van der Waals surface area contributed by atoms with Gasteiger partial charge in [-0.3, -0.25) is 4.74 Å². The van der Waals surface area contributed by atoms with Gasteiger partial charge in [0.2, 0.25) is 0 Å². The van der Waals surface area contributed by atoms with Gasteiger partial charge in [0.1, 0.15) is 12.2 Å². The van der Waals surface area contributed by atoms with Gasteiger partial charge in [0.05, 0.1) is 12.7 Å². The lowest BCUT2D eigenvalue weighted by atomic mass is 9.91. The maximum atomic E-state index is 6.84. The van der Waals surface area contributed by atoms with Gasteiger partial charge < -0.3 is 23.1 Å². The van der Waals surface area contributed by atoms with Crippen LogP contribution in [0.5, 0.6) is 0 Å². The Morgan fingerprint density at radius 1 is 1.00 bits per heavy atom. The number of hydrogen-bond acceptors (Lipinski definition) is 6. The predicted molar refractivity (Wildman–Crippen MR) is 95.2 cm³/mol. The smallest absolute Gasteiger partial charge is 0.349 e. The molecule has 0 aromatic carbocycles. The van der Waals surface area contributed by atoms with E-state index in [1.807, 2.05) is 0 Å². The average molecular weight is 375 g/mol. The van der Waals surface area contributed by atoms with Gasteiger partial charge in [0.15, 0.2) is 6.29 Å². The standard InChI is InChI=1S/C18H34O6Si/c1-11-13-12(21-15-14(11)22-18(8,19-9)23-15)10-20-25(24-13,16(2,3)4)17(5,6)7/h11-15H,10H2,1-9H3/t11-,12?,13-,14?,15-,18+/m0/s1. The summed E-state index contributed by atoms with van der Waals surface area (Å²) in [4.78, 5) is 0. The van der Waals surface area contributed by atoms with Crippen LogP contribution in [0.2, 0.25) is 10.1 Å². The van der Waals surface area contributed by atoms with Crippen LogP contribution in [0, 0.1) is 5.92 Å². The van der Waals surface area contributed by atoms with E-state index in [9.17, 15) is 0 Å². The van der Waals surface area contributed by atoms with Crippen molar-refractivity contribution >= 4 is 8.56 Å². The van der Waals surface area contributed by atoms with Gasteiger partial charge in [0.25, 0.3) is 5.97 Å². The molecule has 146 valence electrons. The average Bonchev–Trinajstić information content (AvgIpc) is 2.82. The maximum Gasteiger partial charge on any atom is 0.349 e. The molecule has 6 nitrogen and oxygen atoms in total. The maximum absolute atomic E-state index is 6.84. The van der Waals surface area contributed by atoms with E-state index >= 15 is 0 Å². The van der Waals surface area contributed by atoms with E-state index in [1.165, 1.54) is 0 Å². The fraction of sp³-hybridized carbons (Fsp3) is 1.00. The summed E-state index contributed by atoms with van der Waals surface area (Å²) in [5.41, 5.74) is 0. The lowest BCUT2D eigenvalue weighted by Crippen LogP contribution is -2.69. The Labute approximate surface area is 152 Å². The highest BCUT2D eigenvalue weighted by Crippen LogP contribution is 2.56. The fourth-order valence-corrected chi connectivity index (χ4v) is 9.63. The van der Waals surface area contributed by atoms with E-state index in [2.05, 4.69) is 48.5 Å². The molecular weight excluding hydrogens is 340 g/mol. The minimum Gasteiger partial charge on any atom is -0.391 e. The molecule has 3 saturated heterocycles. The Morgan fingerprint density at radius 2 is 1.60 bits per heavy atom. The molecule has 0 radical (unpaired) electrons. The first-order valence-corrected chi connectivity index (χ1v) is 11.0. The van der Waals surface area contributed by atoms with Crippen LogP contribution >= 0.6 is 0 Å². The van der Waals surface area contributed by atoms with E-state index in [-0.39, 0.29) is 34.3 Å². The largest absolute Gasteiger partial charge is 0.391 e. The molecule has 0 aromatic heterocycles. The Balaban J connectivity index is 1.88. The first-order chi connectivity index (χ1) is 11.3. The highest BCUT2D eigenvalue weighted by Gasteiger charge is 2.65. The van der Waals surface area contributed by atoms with Crippen molar-refractivity contribution in [1.29, 1.82) is 0 Å². The number of ether oxygens (including phenoxy) is 4. The second-order valence-electron chi connectivity index (χ2n) is 9.68. The molecule has 0 N–H and O–H groups in total. The lowest BCUT2D eigenvalue weighted by Gasteiger charge is -2.57. The fourth-order valence-electron chi connectivity index (χ4n) is 4.59. The monoisotopic (exact) mass is 374 g/mol. The van der Waals surface area contributed by atoms with Gasteiger partial charge in [-0.05, 0) is 0 Å². The Bertz CT molecular complexity index is 499. The number of fused-ring (bicyclic) bond motifs is 2. The second kappa shape index (κ2) is 5.99. The predicted octanol–water partition coefficient (Wildman–Crippen LogP) is 3.54. The van der Waals surface area contributed by atoms with Crippen LogP contribution in [0.4, 0.5) is 0 Å². The van der Waals surface area contributed by atoms with Crippen LogP contribution in [0.3, 0.4) is 0 Å². The third-order valence-corrected chi connectivity index (χ3v) is 10.9. The molecule has 7 heteroatoms. The molecule has 0 aromatic rings. The zero-order valence-corrected chi connectivity index (χ0v) is 18.0. The molecule has 3 heterocycles. The second-order valence-corrected chi connectivity index (χ2v) is 14.4. The number of hydrogen-bond donors (Lipinski definition) is 0. The van der Waals surface area contributed by atoms with Crippen LogP contribution in [-0.2, 0) is 27.8 Å². The molecule has 3 rings (SSSR count). The summed E-state index contributed by atoms with van der Waals surface area (Å²) >= 11 is 0. The topological polar surface area (TPSA) is 55.4 Å². The summed E-state index contributed by atoms with van der Waals surface area (Å²) in [7, 11) is -0.956. The summed E-state index contributed by atoms with van der Waals surface area (Å²) < 4.78 is 36.7. The van der Waals surface area contributed by atoms with Crippen molar-refractivity contribution in [3.05, 3.63) is 0 Å². The van der Waals surface area contributed by atoms with E-state index in [0.717, 1.165) is 0 Å². The van der Waals surface area contributed by atoms with Crippen LogP contribution < -0.4 is 0 Å². The van der Waals surface area contributed by atoms with E-state index in [1.54, 1.807) is 14.0 Å². The first-order valence-electron chi connectivity index (χ1n) is 9.21. The molecule has 3 fully saturated rings. The summed E-state index contributed by atoms with van der Waals surface area (Å²) in [6.07, 6.45) is -0.880. The molecule has 2 unspecified atom stereocenters. The van der Waals surface area contributed by atoms with Crippen molar-refractivity contribution < 1.29 is 27.8 Å². The van der Waals surface area contributed by atoms with Crippen molar-refractivity contribution in [2.75, 3.05) is 13.7 Å². The minimum atomic E-state index is -2.53. The Kier molecular flexibility index (Phi) is 4.73. The van der Waals surface area contributed by atoms with Crippen molar-refractivity contribution in [1.82, 2.24) is 0 Å². The summed E-state index contributed by atoms with van der Waals surface area (Å²) in [6.45, 7) is 17.8. The van der Waals surface area contributed by atoms with Gasteiger partial charge in [0, 0.05) is 30.0 Å². The number of methoxy groups -OCH3 is 1. The first kappa shape index (κ1) is 19.7. The van der Waals surface area contributed by atoms with Crippen LogP contribution in [0.15, 0.2) is 0 Å². The van der Waals surface area contributed by atoms with E-state index < -0.39 is 20.8 Å². The van der Waals surface area contributed by atoms with Crippen LogP contribution in [0.1, 0.15) is 55.4 Å². The quantitative estimate of drug-likeness (QED) is 0.654. The van der Waals surface area contributed by atoms with Crippen LogP contribution in [0.25, 0.3) is 0 Å².